The first-order valence-corrected chi connectivity index (χ1v) is 7.63. The van der Waals surface area contributed by atoms with Crippen molar-refractivity contribution in [2.75, 3.05) is 6.54 Å². The average Bonchev–Trinajstić information content (AvgIpc) is 2.91. The number of thiocarbonyl (C=S) groups is 1. The lowest BCUT2D eigenvalue weighted by atomic mass is 10.1. The molecule has 1 aromatic rings. The molecule has 0 radical (unpaired) electrons. The molecule has 3 nitrogen and oxygen atoms in total. The highest BCUT2D eigenvalue weighted by Gasteiger charge is 2.28. The van der Waals surface area contributed by atoms with Crippen LogP contribution in [0.3, 0.4) is 0 Å². The SMILES string of the molecule is Cc1ccc(Cl)cc1C(=O)N(CC(N)=S)C1CCCC1. The Balaban J connectivity index is 2.29. The Labute approximate surface area is 130 Å². The Morgan fingerprint density at radius 3 is 2.70 bits per heavy atom. The van der Waals surface area contributed by atoms with Gasteiger partial charge in [0.25, 0.3) is 5.91 Å². The van der Waals surface area contributed by atoms with Crippen LogP contribution in [0.1, 0.15) is 41.6 Å². The Morgan fingerprint density at radius 1 is 1.45 bits per heavy atom. The van der Waals surface area contributed by atoms with E-state index in [0.29, 0.717) is 22.1 Å². The maximum atomic E-state index is 12.8. The number of benzene rings is 1. The second-order valence-electron chi connectivity index (χ2n) is 5.30. The van der Waals surface area contributed by atoms with Gasteiger partial charge in [-0.25, -0.2) is 0 Å². The largest absolute Gasteiger partial charge is 0.392 e. The van der Waals surface area contributed by atoms with Crippen LogP contribution < -0.4 is 5.73 Å². The average molecular weight is 311 g/mol. The van der Waals surface area contributed by atoms with Gasteiger partial charge in [0, 0.05) is 16.6 Å². The smallest absolute Gasteiger partial charge is 0.254 e. The summed E-state index contributed by atoms with van der Waals surface area (Å²) in [5, 5.41) is 0.570. The number of nitrogens with two attached hydrogens (primary N) is 1. The van der Waals surface area contributed by atoms with Crippen LogP contribution in [0, 0.1) is 6.92 Å². The van der Waals surface area contributed by atoms with Crippen molar-refractivity contribution in [2.45, 2.75) is 38.6 Å². The Hall–Kier alpha value is -1.13. The first-order chi connectivity index (χ1) is 9.49. The third-order valence-corrected chi connectivity index (χ3v) is 4.15. The maximum Gasteiger partial charge on any atom is 0.254 e. The Kier molecular flexibility index (Phi) is 5.00. The van der Waals surface area contributed by atoms with Gasteiger partial charge in [-0.15, -0.1) is 0 Å². The van der Waals surface area contributed by atoms with E-state index in [4.69, 9.17) is 29.6 Å². The second kappa shape index (κ2) is 6.55. The number of hydrogen-bond donors (Lipinski definition) is 1. The molecule has 5 heteroatoms. The second-order valence-corrected chi connectivity index (χ2v) is 6.26. The van der Waals surface area contributed by atoms with Crippen LogP contribution in [-0.2, 0) is 0 Å². The molecule has 0 spiro atoms. The van der Waals surface area contributed by atoms with Gasteiger partial charge >= 0.3 is 0 Å². The Bertz CT molecular complexity index is 527. The molecule has 0 atom stereocenters. The predicted molar refractivity (Wildman–Crippen MR) is 86.3 cm³/mol. The summed E-state index contributed by atoms with van der Waals surface area (Å²) in [5.41, 5.74) is 7.22. The van der Waals surface area contributed by atoms with Crippen LogP contribution in [0.25, 0.3) is 0 Å². The molecule has 1 fully saturated rings. The number of carbonyl (C=O) groups excluding carboxylic acids is 1. The highest BCUT2D eigenvalue weighted by Crippen LogP contribution is 2.26. The summed E-state index contributed by atoms with van der Waals surface area (Å²) >= 11 is 11.0. The van der Waals surface area contributed by atoms with Crippen molar-refractivity contribution >= 4 is 34.7 Å². The van der Waals surface area contributed by atoms with Crippen LogP contribution >= 0.6 is 23.8 Å². The molecule has 1 saturated carbocycles. The van der Waals surface area contributed by atoms with E-state index < -0.39 is 0 Å². The first kappa shape index (κ1) is 15.3. The Morgan fingerprint density at radius 2 is 2.10 bits per heavy atom. The van der Waals surface area contributed by atoms with Gasteiger partial charge in [0.2, 0.25) is 0 Å². The lowest BCUT2D eigenvalue weighted by Crippen LogP contribution is -2.43. The maximum absolute atomic E-state index is 12.8. The first-order valence-electron chi connectivity index (χ1n) is 6.84. The molecule has 0 bridgehead atoms. The predicted octanol–water partition coefficient (Wildman–Crippen LogP) is 3.32. The van der Waals surface area contributed by atoms with E-state index in [9.17, 15) is 4.79 Å². The van der Waals surface area contributed by atoms with Crippen LogP contribution in [-0.4, -0.2) is 28.4 Å². The minimum atomic E-state index is -0.0234. The minimum absolute atomic E-state index is 0.0234. The molecule has 1 aromatic carbocycles. The van der Waals surface area contributed by atoms with Crippen molar-refractivity contribution in [3.8, 4) is 0 Å². The molecule has 0 saturated heterocycles. The van der Waals surface area contributed by atoms with Gasteiger partial charge in [0.1, 0.15) is 0 Å². The monoisotopic (exact) mass is 310 g/mol. The number of carbonyl (C=O) groups is 1. The van der Waals surface area contributed by atoms with Gasteiger partial charge in [-0.2, -0.15) is 0 Å². The topological polar surface area (TPSA) is 46.3 Å². The van der Waals surface area contributed by atoms with E-state index in [1.165, 1.54) is 0 Å². The summed E-state index contributed by atoms with van der Waals surface area (Å²) in [6, 6.07) is 5.62. The molecule has 0 unspecified atom stereocenters. The van der Waals surface area contributed by atoms with E-state index in [-0.39, 0.29) is 11.9 Å². The minimum Gasteiger partial charge on any atom is -0.392 e. The number of aryl methyl sites for hydroxylation is 1. The normalized spacial score (nSPS) is 15.3. The summed E-state index contributed by atoms with van der Waals surface area (Å²) in [7, 11) is 0. The zero-order chi connectivity index (χ0) is 14.7. The number of halogens is 1. The van der Waals surface area contributed by atoms with Crippen LogP contribution in [0.15, 0.2) is 18.2 Å². The summed E-state index contributed by atoms with van der Waals surface area (Å²) in [4.78, 5) is 15.0. The molecule has 1 amide bonds. The van der Waals surface area contributed by atoms with Crippen molar-refractivity contribution in [2.24, 2.45) is 5.73 Å². The fraction of sp³-hybridized carbons (Fsp3) is 0.467. The van der Waals surface area contributed by atoms with Crippen molar-refractivity contribution in [1.82, 2.24) is 4.90 Å². The summed E-state index contributed by atoms with van der Waals surface area (Å²) in [5.74, 6) is -0.0234. The third-order valence-electron chi connectivity index (χ3n) is 3.78. The lowest BCUT2D eigenvalue weighted by molar-refractivity contribution is 0.0714. The number of hydrogen-bond acceptors (Lipinski definition) is 2. The van der Waals surface area contributed by atoms with E-state index in [2.05, 4.69) is 0 Å². The van der Waals surface area contributed by atoms with Gasteiger partial charge in [-0.1, -0.05) is 42.7 Å². The molecule has 1 aliphatic rings. The van der Waals surface area contributed by atoms with Crippen molar-refractivity contribution < 1.29 is 4.79 Å². The van der Waals surface area contributed by atoms with E-state index in [0.717, 1.165) is 31.2 Å². The van der Waals surface area contributed by atoms with Gasteiger partial charge in [-0.05, 0) is 37.5 Å². The fourth-order valence-corrected chi connectivity index (χ4v) is 3.04. The third kappa shape index (κ3) is 3.49. The molecular formula is C15H19ClN2OS. The molecule has 1 aliphatic carbocycles. The van der Waals surface area contributed by atoms with E-state index >= 15 is 0 Å². The summed E-state index contributed by atoms with van der Waals surface area (Å²) in [6.45, 7) is 2.25. The zero-order valence-electron chi connectivity index (χ0n) is 11.6. The molecule has 0 aliphatic heterocycles. The van der Waals surface area contributed by atoms with Gasteiger partial charge in [-0.3, -0.25) is 4.79 Å². The van der Waals surface area contributed by atoms with Crippen LogP contribution in [0.2, 0.25) is 5.02 Å². The number of amides is 1. The number of nitrogens with zero attached hydrogens (tertiary/aromatic N) is 1. The lowest BCUT2D eigenvalue weighted by Gasteiger charge is -2.29. The van der Waals surface area contributed by atoms with Crippen LogP contribution in [0.5, 0.6) is 0 Å². The quantitative estimate of drug-likeness (QED) is 0.868. The summed E-state index contributed by atoms with van der Waals surface area (Å²) in [6.07, 6.45) is 4.35. The van der Waals surface area contributed by atoms with Gasteiger partial charge < -0.3 is 10.6 Å². The molecule has 0 heterocycles. The molecule has 108 valence electrons. The fourth-order valence-electron chi connectivity index (χ4n) is 2.73. The summed E-state index contributed by atoms with van der Waals surface area (Å²) < 4.78 is 0. The van der Waals surface area contributed by atoms with Gasteiger partial charge in [0.05, 0.1) is 11.5 Å². The molecule has 2 N–H and O–H groups in total. The molecule has 2 rings (SSSR count). The van der Waals surface area contributed by atoms with Gasteiger partial charge in [0.15, 0.2) is 0 Å². The molecular weight excluding hydrogens is 292 g/mol. The highest BCUT2D eigenvalue weighted by molar-refractivity contribution is 7.80. The van der Waals surface area contributed by atoms with E-state index in [1.54, 1.807) is 12.1 Å². The van der Waals surface area contributed by atoms with Crippen molar-refractivity contribution in [3.05, 3.63) is 34.3 Å². The van der Waals surface area contributed by atoms with E-state index in [1.807, 2.05) is 17.9 Å². The standard InChI is InChI=1S/C15H19ClN2OS/c1-10-6-7-11(16)8-13(10)15(19)18(9-14(17)20)12-4-2-3-5-12/h6-8,12H,2-5,9H2,1H3,(H2,17,20). The molecule has 0 aromatic heterocycles. The molecule has 20 heavy (non-hydrogen) atoms. The van der Waals surface area contributed by atoms with Crippen LogP contribution in [0.4, 0.5) is 0 Å². The van der Waals surface area contributed by atoms with Crippen molar-refractivity contribution in [3.63, 3.8) is 0 Å². The zero-order valence-corrected chi connectivity index (χ0v) is 13.1. The van der Waals surface area contributed by atoms with Crippen molar-refractivity contribution in [1.29, 1.82) is 0 Å². The highest BCUT2D eigenvalue weighted by atomic mass is 35.5. The number of rotatable bonds is 4.